The van der Waals surface area contributed by atoms with Crippen LogP contribution in [0.5, 0.6) is 5.75 Å². The number of methoxy groups -OCH3 is 1. The molecule has 0 atom stereocenters. The molecule has 2 aromatic rings. The molecular formula is C16H18N2O4S. The van der Waals surface area contributed by atoms with E-state index in [0.717, 1.165) is 11.3 Å². The van der Waals surface area contributed by atoms with E-state index < -0.39 is 5.97 Å². The molecule has 1 aromatic heterocycles. The molecule has 0 saturated heterocycles. The van der Waals surface area contributed by atoms with E-state index in [4.69, 9.17) is 9.47 Å². The largest absolute Gasteiger partial charge is 0.497 e. The Morgan fingerprint density at radius 3 is 2.65 bits per heavy atom. The molecular weight excluding hydrogens is 316 g/mol. The van der Waals surface area contributed by atoms with Gasteiger partial charge in [0, 0.05) is 6.54 Å². The van der Waals surface area contributed by atoms with Crippen molar-refractivity contribution in [1.82, 2.24) is 4.98 Å². The molecule has 0 fully saturated rings. The van der Waals surface area contributed by atoms with Gasteiger partial charge in [-0.2, -0.15) is 0 Å². The second-order valence-electron chi connectivity index (χ2n) is 4.64. The van der Waals surface area contributed by atoms with Crippen molar-refractivity contribution in [2.45, 2.75) is 19.9 Å². The molecule has 6 nitrogen and oxygen atoms in total. The molecule has 0 aliphatic carbocycles. The number of rotatable bonds is 8. The van der Waals surface area contributed by atoms with Crippen LogP contribution in [0.3, 0.4) is 0 Å². The number of ketones is 1. The molecule has 0 saturated carbocycles. The third kappa shape index (κ3) is 5.07. The summed E-state index contributed by atoms with van der Waals surface area (Å²) in [5.41, 5.74) is 1.07. The van der Waals surface area contributed by atoms with E-state index in [2.05, 4.69) is 10.3 Å². The smallest absolute Gasteiger partial charge is 0.313 e. The number of benzene rings is 1. The number of nitrogens with zero attached hydrogens (tertiary/aromatic N) is 1. The summed E-state index contributed by atoms with van der Waals surface area (Å²) >= 11 is 1.22. The van der Waals surface area contributed by atoms with E-state index in [1.54, 1.807) is 14.0 Å². The Morgan fingerprint density at radius 2 is 2.00 bits per heavy atom. The molecule has 1 N–H and O–H groups in total. The maximum atomic E-state index is 11.9. The number of hydrogen-bond acceptors (Lipinski definition) is 7. The predicted molar refractivity (Wildman–Crippen MR) is 88.0 cm³/mol. The zero-order valence-corrected chi connectivity index (χ0v) is 13.8. The molecule has 0 aliphatic rings. The van der Waals surface area contributed by atoms with Gasteiger partial charge < -0.3 is 14.8 Å². The van der Waals surface area contributed by atoms with Crippen molar-refractivity contribution in [2.75, 3.05) is 19.0 Å². The standard InChI is InChI=1S/C16H18N2O4S/c1-3-22-15(20)8-13(19)14-10-18-16(23-14)17-9-11-4-6-12(21-2)7-5-11/h4-7,10H,3,8-9H2,1-2H3,(H,17,18). The average molecular weight is 334 g/mol. The van der Waals surface area contributed by atoms with Gasteiger partial charge in [-0.3, -0.25) is 9.59 Å². The van der Waals surface area contributed by atoms with Crippen LogP contribution in [0.15, 0.2) is 30.5 Å². The van der Waals surface area contributed by atoms with Gasteiger partial charge in [-0.15, -0.1) is 0 Å². The average Bonchev–Trinajstić information content (AvgIpc) is 3.02. The minimum Gasteiger partial charge on any atom is -0.497 e. The van der Waals surface area contributed by atoms with Gasteiger partial charge >= 0.3 is 5.97 Å². The summed E-state index contributed by atoms with van der Waals surface area (Å²) in [6.07, 6.45) is 1.22. The molecule has 1 heterocycles. The highest BCUT2D eigenvalue weighted by atomic mass is 32.1. The van der Waals surface area contributed by atoms with Gasteiger partial charge in [0.2, 0.25) is 0 Å². The summed E-state index contributed by atoms with van der Waals surface area (Å²) < 4.78 is 9.87. The van der Waals surface area contributed by atoms with Crippen LogP contribution in [-0.2, 0) is 16.1 Å². The molecule has 0 unspecified atom stereocenters. The highest BCUT2D eigenvalue weighted by Crippen LogP contribution is 2.21. The Labute approximate surface area is 138 Å². The molecule has 122 valence electrons. The summed E-state index contributed by atoms with van der Waals surface area (Å²) in [5.74, 6) is 0.00642. The monoisotopic (exact) mass is 334 g/mol. The fourth-order valence-electron chi connectivity index (χ4n) is 1.84. The van der Waals surface area contributed by atoms with Crippen LogP contribution in [-0.4, -0.2) is 30.5 Å². The third-order valence-corrected chi connectivity index (χ3v) is 3.99. The number of carbonyl (C=O) groups is 2. The summed E-state index contributed by atoms with van der Waals surface area (Å²) in [7, 11) is 1.62. The number of Topliss-reactive ketones (excluding diaryl/α,β-unsaturated/α-hetero) is 1. The molecule has 2 rings (SSSR count). The van der Waals surface area contributed by atoms with Crippen LogP contribution in [0.4, 0.5) is 5.13 Å². The zero-order valence-electron chi connectivity index (χ0n) is 13.0. The van der Waals surface area contributed by atoms with Crippen LogP contribution in [0.25, 0.3) is 0 Å². The zero-order chi connectivity index (χ0) is 16.7. The van der Waals surface area contributed by atoms with Crippen molar-refractivity contribution < 1.29 is 19.1 Å². The van der Waals surface area contributed by atoms with Crippen LogP contribution in [0, 0.1) is 0 Å². The minimum atomic E-state index is -0.515. The highest BCUT2D eigenvalue weighted by Gasteiger charge is 2.15. The second kappa shape index (κ2) is 8.28. The van der Waals surface area contributed by atoms with Crippen molar-refractivity contribution >= 4 is 28.2 Å². The van der Waals surface area contributed by atoms with Crippen molar-refractivity contribution in [1.29, 1.82) is 0 Å². The lowest BCUT2D eigenvalue weighted by Gasteiger charge is -2.04. The number of aromatic nitrogens is 1. The Balaban J connectivity index is 1.88. The van der Waals surface area contributed by atoms with Gasteiger partial charge in [-0.1, -0.05) is 23.5 Å². The van der Waals surface area contributed by atoms with Gasteiger partial charge in [0.25, 0.3) is 0 Å². The number of nitrogens with one attached hydrogen (secondary N) is 1. The maximum Gasteiger partial charge on any atom is 0.313 e. The number of thiazole rings is 1. The first-order valence-corrected chi connectivity index (χ1v) is 7.95. The fraction of sp³-hybridized carbons (Fsp3) is 0.312. The van der Waals surface area contributed by atoms with Crippen LogP contribution in [0.2, 0.25) is 0 Å². The van der Waals surface area contributed by atoms with Crippen LogP contribution < -0.4 is 10.1 Å². The van der Waals surface area contributed by atoms with E-state index in [9.17, 15) is 9.59 Å². The van der Waals surface area contributed by atoms with E-state index >= 15 is 0 Å². The van der Waals surface area contributed by atoms with Gasteiger partial charge in [0.1, 0.15) is 12.2 Å². The molecule has 0 bridgehead atoms. The summed E-state index contributed by atoms with van der Waals surface area (Å²) in [4.78, 5) is 27.8. The van der Waals surface area contributed by atoms with Crippen molar-refractivity contribution in [3.63, 3.8) is 0 Å². The number of carbonyl (C=O) groups excluding carboxylic acids is 2. The lowest BCUT2D eigenvalue weighted by Crippen LogP contribution is -2.10. The molecule has 1 aromatic carbocycles. The van der Waals surface area contributed by atoms with Crippen LogP contribution in [0.1, 0.15) is 28.6 Å². The van der Waals surface area contributed by atoms with Crippen molar-refractivity contribution in [3.8, 4) is 5.75 Å². The van der Waals surface area contributed by atoms with E-state index in [0.29, 0.717) is 16.6 Å². The van der Waals surface area contributed by atoms with Gasteiger partial charge in [0.05, 0.1) is 24.8 Å². The van der Waals surface area contributed by atoms with Gasteiger partial charge in [-0.25, -0.2) is 4.98 Å². The van der Waals surface area contributed by atoms with E-state index in [1.165, 1.54) is 17.5 Å². The lowest BCUT2D eigenvalue weighted by atomic mass is 10.2. The topological polar surface area (TPSA) is 77.5 Å². The number of ether oxygens (including phenoxy) is 2. The second-order valence-corrected chi connectivity index (χ2v) is 5.67. The first-order chi connectivity index (χ1) is 11.1. The summed E-state index contributed by atoms with van der Waals surface area (Å²) in [6.45, 7) is 2.56. The van der Waals surface area contributed by atoms with E-state index in [-0.39, 0.29) is 18.8 Å². The van der Waals surface area contributed by atoms with Crippen molar-refractivity contribution in [2.24, 2.45) is 0 Å². The summed E-state index contributed by atoms with van der Waals surface area (Å²) in [6, 6.07) is 7.67. The lowest BCUT2D eigenvalue weighted by molar-refractivity contribution is -0.141. The van der Waals surface area contributed by atoms with Gasteiger partial charge in [-0.05, 0) is 24.6 Å². The first kappa shape index (κ1) is 17.0. The van der Waals surface area contributed by atoms with Crippen LogP contribution >= 0.6 is 11.3 Å². The third-order valence-electron chi connectivity index (χ3n) is 2.99. The molecule has 7 heteroatoms. The first-order valence-electron chi connectivity index (χ1n) is 7.13. The van der Waals surface area contributed by atoms with Crippen molar-refractivity contribution in [3.05, 3.63) is 40.9 Å². The Bertz CT molecular complexity index is 667. The quantitative estimate of drug-likeness (QED) is 0.454. The Hall–Kier alpha value is -2.41. The molecule has 0 amide bonds. The Kier molecular flexibility index (Phi) is 6.10. The number of anilines is 1. The summed E-state index contributed by atoms with van der Waals surface area (Å²) in [5, 5.41) is 3.78. The maximum absolute atomic E-state index is 11.9. The van der Waals surface area contributed by atoms with Gasteiger partial charge in [0.15, 0.2) is 10.9 Å². The predicted octanol–water partition coefficient (Wildman–Crippen LogP) is 2.90. The normalized spacial score (nSPS) is 10.2. The highest BCUT2D eigenvalue weighted by molar-refractivity contribution is 7.17. The molecule has 0 aliphatic heterocycles. The number of esters is 1. The SMILES string of the molecule is CCOC(=O)CC(=O)c1cnc(NCc2ccc(OC)cc2)s1. The minimum absolute atomic E-state index is 0.256. The Morgan fingerprint density at radius 1 is 1.26 bits per heavy atom. The molecule has 0 spiro atoms. The molecule has 0 radical (unpaired) electrons. The fourth-order valence-corrected chi connectivity index (χ4v) is 2.59. The number of hydrogen-bond donors (Lipinski definition) is 1. The molecule has 23 heavy (non-hydrogen) atoms. The van der Waals surface area contributed by atoms with E-state index in [1.807, 2.05) is 24.3 Å².